The number of nitrogens with one attached hydrogen (secondary N) is 2. The molecule has 7 heteroatoms. The lowest BCUT2D eigenvalue weighted by molar-refractivity contribution is -0.116. The number of amides is 1. The lowest BCUT2D eigenvalue weighted by atomic mass is 9.86. The fourth-order valence-electron chi connectivity index (χ4n) is 2.55. The summed E-state index contributed by atoms with van der Waals surface area (Å²) in [6.45, 7) is 0. The van der Waals surface area contributed by atoms with Crippen molar-refractivity contribution < 1.29 is 9.18 Å². The summed E-state index contributed by atoms with van der Waals surface area (Å²) in [5, 5.41) is 2.90. The average Bonchev–Trinajstić information content (AvgIpc) is 2.52. The molecule has 2 aromatic rings. The predicted octanol–water partition coefficient (Wildman–Crippen LogP) is 2.11. The Hall–Kier alpha value is -2.59. The fraction of sp³-hybridized carbons (Fsp3) is 0.188. The third-order valence-corrected chi connectivity index (χ3v) is 4.28. The summed E-state index contributed by atoms with van der Waals surface area (Å²) < 4.78 is 14.1. The van der Waals surface area contributed by atoms with Gasteiger partial charge in [0.25, 0.3) is 5.56 Å². The minimum atomic E-state index is -0.664. The van der Waals surface area contributed by atoms with Gasteiger partial charge in [-0.05, 0) is 11.6 Å². The fourth-order valence-corrected chi connectivity index (χ4v) is 3.09. The molecule has 1 atom stereocenters. The highest BCUT2D eigenvalue weighted by molar-refractivity contribution is 7.99. The zero-order chi connectivity index (χ0) is 16.4. The molecule has 0 spiro atoms. The Morgan fingerprint density at radius 3 is 2.91 bits per heavy atom. The molecule has 1 aromatic heterocycles. The summed E-state index contributed by atoms with van der Waals surface area (Å²) in [5.74, 6) is 1.51. The van der Waals surface area contributed by atoms with Crippen LogP contribution in [0, 0.1) is 18.2 Å². The Bertz CT molecular complexity index is 872. The van der Waals surface area contributed by atoms with Crippen LogP contribution < -0.4 is 10.9 Å². The van der Waals surface area contributed by atoms with Crippen LogP contribution in [0.1, 0.15) is 23.5 Å². The Labute approximate surface area is 135 Å². The van der Waals surface area contributed by atoms with E-state index in [9.17, 15) is 14.0 Å². The summed E-state index contributed by atoms with van der Waals surface area (Å²) in [6, 6.07) is 6.11. The van der Waals surface area contributed by atoms with Crippen molar-refractivity contribution in [2.75, 3.05) is 11.1 Å². The van der Waals surface area contributed by atoms with Crippen LogP contribution >= 0.6 is 11.8 Å². The first kappa shape index (κ1) is 15.3. The van der Waals surface area contributed by atoms with Crippen LogP contribution in [0.15, 0.2) is 34.2 Å². The summed E-state index contributed by atoms with van der Waals surface area (Å²) in [6.07, 6.45) is 5.18. The first-order valence-corrected chi connectivity index (χ1v) is 7.83. The number of H-pyrrole nitrogens is 1. The minimum Gasteiger partial charge on any atom is -0.310 e. The monoisotopic (exact) mass is 329 g/mol. The van der Waals surface area contributed by atoms with Gasteiger partial charge in [-0.3, -0.25) is 9.59 Å². The molecule has 1 aliphatic rings. The van der Waals surface area contributed by atoms with Gasteiger partial charge in [0.2, 0.25) is 5.91 Å². The Balaban J connectivity index is 2.11. The number of hydrogen-bond donors (Lipinski definition) is 2. The zero-order valence-electron chi connectivity index (χ0n) is 11.9. The highest BCUT2D eigenvalue weighted by atomic mass is 32.2. The highest BCUT2D eigenvalue weighted by Crippen LogP contribution is 2.35. The number of benzene rings is 1. The first-order valence-electron chi connectivity index (χ1n) is 6.85. The first-order chi connectivity index (χ1) is 11.1. The zero-order valence-corrected chi connectivity index (χ0v) is 12.7. The maximum absolute atomic E-state index is 14.1. The van der Waals surface area contributed by atoms with Crippen molar-refractivity contribution in [1.82, 2.24) is 9.97 Å². The molecule has 0 radical (unpaired) electrons. The van der Waals surface area contributed by atoms with Gasteiger partial charge < -0.3 is 10.3 Å². The summed E-state index contributed by atoms with van der Waals surface area (Å²) in [4.78, 5) is 31.2. The standard InChI is InChI=1S/C16H12FN3O2S/c1-2-7-23-16-19-14-13(15(22)20-16)10(8-12(21)18-14)9-5-3-4-6-11(9)17/h1,3-6,10H,7-8H2,(H2,18,19,20,21,22)/t10-/m0/s1. The molecule has 2 heterocycles. The van der Waals surface area contributed by atoms with E-state index in [1.807, 2.05) is 0 Å². The van der Waals surface area contributed by atoms with Gasteiger partial charge in [0.05, 0.1) is 11.3 Å². The highest BCUT2D eigenvalue weighted by Gasteiger charge is 2.32. The van der Waals surface area contributed by atoms with Gasteiger partial charge in [-0.1, -0.05) is 35.9 Å². The van der Waals surface area contributed by atoms with Crippen molar-refractivity contribution in [2.24, 2.45) is 0 Å². The Kier molecular flexibility index (Phi) is 4.17. The van der Waals surface area contributed by atoms with Crippen LogP contribution in [0.2, 0.25) is 0 Å². The summed E-state index contributed by atoms with van der Waals surface area (Å²) in [7, 11) is 0. The van der Waals surface area contributed by atoms with E-state index < -0.39 is 17.3 Å². The van der Waals surface area contributed by atoms with Gasteiger partial charge in [0, 0.05) is 12.3 Å². The number of carbonyl (C=O) groups excluding carboxylic acids is 1. The summed E-state index contributed by atoms with van der Waals surface area (Å²) in [5.41, 5.74) is 0.169. The van der Waals surface area contributed by atoms with Crippen molar-refractivity contribution in [2.45, 2.75) is 17.5 Å². The SMILES string of the molecule is C#CCSc1nc2c(c(=O)[nH]1)[C@H](c1ccccc1F)CC(=O)N2. The maximum atomic E-state index is 14.1. The average molecular weight is 329 g/mol. The van der Waals surface area contributed by atoms with E-state index >= 15 is 0 Å². The number of rotatable bonds is 3. The van der Waals surface area contributed by atoms with Crippen LogP contribution in [0.25, 0.3) is 0 Å². The number of nitrogens with zero attached hydrogens (tertiary/aromatic N) is 1. The molecule has 0 bridgehead atoms. The second-order valence-electron chi connectivity index (χ2n) is 4.95. The topological polar surface area (TPSA) is 74.8 Å². The van der Waals surface area contributed by atoms with Gasteiger partial charge in [-0.15, -0.1) is 6.42 Å². The number of aromatic amines is 1. The van der Waals surface area contributed by atoms with E-state index in [0.717, 1.165) is 0 Å². The molecular weight excluding hydrogens is 317 g/mol. The Morgan fingerprint density at radius 1 is 1.39 bits per heavy atom. The second kappa shape index (κ2) is 6.26. The molecule has 0 fully saturated rings. The molecule has 116 valence electrons. The normalized spacial score (nSPS) is 16.3. The third kappa shape index (κ3) is 2.98. The van der Waals surface area contributed by atoms with Gasteiger partial charge in [0.15, 0.2) is 5.16 Å². The molecule has 1 amide bonds. The van der Waals surface area contributed by atoms with Crippen LogP contribution in [0.4, 0.5) is 10.2 Å². The summed E-state index contributed by atoms with van der Waals surface area (Å²) >= 11 is 1.18. The number of anilines is 1. The van der Waals surface area contributed by atoms with Crippen LogP contribution in [0.5, 0.6) is 0 Å². The van der Waals surface area contributed by atoms with Crippen molar-refractivity contribution in [3.8, 4) is 12.3 Å². The van der Waals surface area contributed by atoms with E-state index in [0.29, 0.717) is 16.5 Å². The number of terminal acetylenes is 1. The number of thioether (sulfide) groups is 1. The van der Waals surface area contributed by atoms with E-state index in [4.69, 9.17) is 6.42 Å². The van der Waals surface area contributed by atoms with E-state index in [2.05, 4.69) is 21.2 Å². The van der Waals surface area contributed by atoms with Gasteiger partial charge in [0.1, 0.15) is 11.6 Å². The Morgan fingerprint density at radius 2 is 2.17 bits per heavy atom. The number of halogens is 1. The molecule has 0 aliphatic carbocycles. The molecule has 3 rings (SSSR count). The number of fused-ring (bicyclic) bond motifs is 1. The molecule has 2 N–H and O–H groups in total. The quantitative estimate of drug-likeness (QED) is 0.514. The molecule has 5 nitrogen and oxygen atoms in total. The van der Waals surface area contributed by atoms with Crippen molar-refractivity contribution in [1.29, 1.82) is 0 Å². The molecule has 23 heavy (non-hydrogen) atoms. The van der Waals surface area contributed by atoms with Crippen molar-refractivity contribution in [3.05, 3.63) is 51.6 Å². The molecule has 1 aliphatic heterocycles. The van der Waals surface area contributed by atoms with Crippen LogP contribution in [0.3, 0.4) is 0 Å². The van der Waals surface area contributed by atoms with Crippen molar-refractivity contribution >= 4 is 23.5 Å². The number of carbonyl (C=O) groups is 1. The predicted molar refractivity (Wildman–Crippen MR) is 85.9 cm³/mol. The van der Waals surface area contributed by atoms with Crippen LogP contribution in [-0.2, 0) is 4.79 Å². The number of aromatic nitrogens is 2. The van der Waals surface area contributed by atoms with Crippen LogP contribution in [-0.4, -0.2) is 21.6 Å². The van der Waals surface area contributed by atoms with Gasteiger partial charge in [-0.25, -0.2) is 9.37 Å². The molecule has 0 unspecified atom stereocenters. The molecular formula is C16H12FN3O2S. The minimum absolute atomic E-state index is 0.00443. The lowest BCUT2D eigenvalue weighted by Crippen LogP contribution is -2.31. The molecule has 0 saturated carbocycles. The van der Waals surface area contributed by atoms with Crippen molar-refractivity contribution in [3.63, 3.8) is 0 Å². The number of hydrogen-bond acceptors (Lipinski definition) is 4. The van der Waals surface area contributed by atoms with E-state index in [1.165, 1.54) is 17.8 Å². The van der Waals surface area contributed by atoms with E-state index in [-0.39, 0.29) is 23.7 Å². The van der Waals surface area contributed by atoms with E-state index in [1.54, 1.807) is 18.2 Å². The van der Waals surface area contributed by atoms with Gasteiger partial charge >= 0.3 is 0 Å². The smallest absolute Gasteiger partial charge is 0.257 e. The second-order valence-corrected chi connectivity index (χ2v) is 5.92. The van der Waals surface area contributed by atoms with Gasteiger partial charge in [-0.2, -0.15) is 0 Å². The lowest BCUT2D eigenvalue weighted by Gasteiger charge is -2.24. The maximum Gasteiger partial charge on any atom is 0.257 e. The molecule has 1 aromatic carbocycles. The third-order valence-electron chi connectivity index (χ3n) is 3.50. The largest absolute Gasteiger partial charge is 0.310 e. The molecule has 0 saturated heterocycles.